The van der Waals surface area contributed by atoms with Gasteiger partial charge in [0, 0.05) is 25.8 Å². The quantitative estimate of drug-likeness (QED) is 0.918. The number of nitrogens with zero attached hydrogens (tertiary/aromatic N) is 2. The Balaban J connectivity index is 1.52. The van der Waals surface area contributed by atoms with Gasteiger partial charge in [0.2, 0.25) is 0 Å². The normalized spacial score (nSPS) is 17.5. The van der Waals surface area contributed by atoms with Crippen LogP contribution in [-0.4, -0.2) is 30.5 Å². The average Bonchev–Trinajstić information content (AvgIpc) is 2.63. The van der Waals surface area contributed by atoms with Gasteiger partial charge in [-0.2, -0.15) is 0 Å². The number of rotatable bonds is 5. The Morgan fingerprint density at radius 2 is 2.08 bits per heavy atom. The van der Waals surface area contributed by atoms with Gasteiger partial charge in [-0.1, -0.05) is 37.3 Å². The number of hydrogen-bond donors (Lipinski definition) is 1. The number of benzene rings is 1. The van der Waals surface area contributed by atoms with Crippen molar-refractivity contribution >= 4 is 11.7 Å². The van der Waals surface area contributed by atoms with E-state index >= 15 is 0 Å². The summed E-state index contributed by atoms with van der Waals surface area (Å²) in [7, 11) is 0. The Hall–Kier alpha value is -2.36. The molecule has 2 heterocycles. The van der Waals surface area contributed by atoms with Gasteiger partial charge in [0.25, 0.3) is 5.91 Å². The SMILES string of the molecule is C[C@@H]1CCCN(c2ccc(C(=O)NCCc3ccccc3)cn2)C1. The van der Waals surface area contributed by atoms with E-state index in [4.69, 9.17) is 0 Å². The molecule has 1 aliphatic rings. The fourth-order valence-corrected chi connectivity index (χ4v) is 3.17. The maximum Gasteiger partial charge on any atom is 0.252 e. The molecule has 1 N–H and O–H groups in total. The van der Waals surface area contributed by atoms with Gasteiger partial charge in [0.05, 0.1) is 5.56 Å². The highest BCUT2D eigenvalue weighted by atomic mass is 16.1. The molecule has 24 heavy (non-hydrogen) atoms. The average molecular weight is 323 g/mol. The van der Waals surface area contributed by atoms with Gasteiger partial charge in [-0.3, -0.25) is 4.79 Å². The van der Waals surface area contributed by atoms with Crippen LogP contribution in [0.3, 0.4) is 0 Å². The van der Waals surface area contributed by atoms with E-state index in [2.05, 4.69) is 34.3 Å². The van der Waals surface area contributed by atoms with Crippen molar-refractivity contribution in [3.63, 3.8) is 0 Å². The van der Waals surface area contributed by atoms with Crippen LogP contribution >= 0.6 is 0 Å². The highest BCUT2D eigenvalue weighted by molar-refractivity contribution is 5.94. The zero-order chi connectivity index (χ0) is 16.8. The van der Waals surface area contributed by atoms with Crippen LogP contribution in [0.2, 0.25) is 0 Å². The van der Waals surface area contributed by atoms with Crippen molar-refractivity contribution in [3.8, 4) is 0 Å². The summed E-state index contributed by atoms with van der Waals surface area (Å²) in [5, 5.41) is 2.96. The van der Waals surface area contributed by atoms with Crippen molar-refractivity contribution in [1.29, 1.82) is 0 Å². The molecule has 1 atom stereocenters. The number of aromatic nitrogens is 1. The minimum Gasteiger partial charge on any atom is -0.356 e. The first-order chi connectivity index (χ1) is 11.7. The molecule has 1 saturated heterocycles. The van der Waals surface area contributed by atoms with Crippen LogP contribution in [0, 0.1) is 5.92 Å². The largest absolute Gasteiger partial charge is 0.356 e. The number of carbonyl (C=O) groups excluding carboxylic acids is 1. The molecule has 1 aliphatic heterocycles. The van der Waals surface area contributed by atoms with E-state index in [-0.39, 0.29) is 5.91 Å². The molecule has 0 saturated carbocycles. The molecule has 1 aromatic carbocycles. The third-order valence-corrected chi connectivity index (χ3v) is 4.53. The van der Waals surface area contributed by atoms with E-state index in [0.717, 1.165) is 25.3 Å². The lowest BCUT2D eigenvalue weighted by Gasteiger charge is -2.31. The van der Waals surface area contributed by atoms with Gasteiger partial charge in [-0.05, 0) is 42.9 Å². The second-order valence-electron chi connectivity index (χ2n) is 6.59. The molecule has 0 unspecified atom stereocenters. The van der Waals surface area contributed by atoms with E-state index in [1.54, 1.807) is 6.20 Å². The Morgan fingerprint density at radius 1 is 1.25 bits per heavy atom. The lowest BCUT2D eigenvalue weighted by Crippen LogP contribution is -2.34. The zero-order valence-electron chi connectivity index (χ0n) is 14.2. The maximum absolute atomic E-state index is 12.2. The van der Waals surface area contributed by atoms with Gasteiger partial charge in [-0.15, -0.1) is 0 Å². The number of carbonyl (C=O) groups is 1. The molecule has 1 fully saturated rings. The van der Waals surface area contributed by atoms with Crippen LogP contribution in [0.4, 0.5) is 5.82 Å². The molecule has 0 spiro atoms. The summed E-state index contributed by atoms with van der Waals surface area (Å²) in [5.41, 5.74) is 1.85. The molecular formula is C20H25N3O. The topological polar surface area (TPSA) is 45.2 Å². The number of amides is 1. The summed E-state index contributed by atoms with van der Waals surface area (Å²) in [6.07, 6.45) is 5.03. The Bertz CT molecular complexity index is 654. The molecule has 1 aromatic heterocycles. The first-order valence-electron chi connectivity index (χ1n) is 8.75. The molecular weight excluding hydrogens is 298 g/mol. The van der Waals surface area contributed by atoms with Gasteiger partial charge < -0.3 is 10.2 Å². The zero-order valence-corrected chi connectivity index (χ0v) is 14.2. The monoisotopic (exact) mass is 323 g/mol. The van der Waals surface area contributed by atoms with Crippen molar-refractivity contribution in [2.75, 3.05) is 24.5 Å². The molecule has 4 heteroatoms. The molecule has 0 bridgehead atoms. The number of nitrogens with one attached hydrogen (secondary N) is 1. The van der Waals surface area contributed by atoms with E-state index < -0.39 is 0 Å². The van der Waals surface area contributed by atoms with Crippen LogP contribution in [-0.2, 0) is 6.42 Å². The maximum atomic E-state index is 12.2. The Kier molecular flexibility index (Phi) is 5.47. The van der Waals surface area contributed by atoms with Gasteiger partial charge in [-0.25, -0.2) is 4.98 Å². The second-order valence-corrected chi connectivity index (χ2v) is 6.59. The molecule has 3 rings (SSSR count). The van der Waals surface area contributed by atoms with E-state index in [1.165, 1.54) is 18.4 Å². The minimum atomic E-state index is -0.0583. The first-order valence-corrected chi connectivity index (χ1v) is 8.75. The lowest BCUT2D eigenvalue weighted by molar-refractivity contribution is 0.0954. The minimum absolute atomic E-state index is 0.0583. The second kappa shape index (κ2) is 7.95. The molecule has 2 aromatic rings. The Labute approximate surface area is 143 Å². The Morgan fingerprint density at radius 3 is 2.79 bits per heavy atom. The number of pyridine rings is 1. The van der Waals surface area contributed by atoms with Crippen molar-refractivity contribution < 1.29 is 4.79 Å². The fraction of sp³-hybridized carbons (Fsp3) is 0.400. The van der Waals surface area contributed by atoms with Crippen LogP contribution in [0.25, 0.3) is 0 Å². The summed E-state index contributed by atoms with van der Waals surface area (Å²) in [4.78, 5) is 19.0. The fourth-order valence-electron chi connectivity index (χ4n) is 3.17. The van der Waals surface area contributed by atoms with Crippen LogP contribution in [0.5, 0.6) is 0 Å². The van der Waals surface area contributed by atoms with Gasteiger partial charge >= 0.3 is 0 Å². The predicted octanol–water partition coefficient (Wildman–Crippen LogP) is 3.29. The van der Waals surface area contributed by atoms with Crippen molar-refractivity contribution in [2.45, 2.75) is 26.2 Å². The first kappa shape index (κ1) is 16.5. The van der Waals surface area contributed by atoms with Crippen LogP contribution in [0.1, 0.15) is 35.7 Å². The van der Waals surface area contributed by atoms with Crippen molar-refractivity contribution in [1.82, 2.24) is 10.3 Å². The van der Waals surface area contributed by atoms with Crippen molar-refractivity contribution in [3.05, 3.63) is 59.8 Å². The number of hydrogen-bond acceptors (Lipinski definition) is 3. The highest BCUT2D eigenvalue weighted by Gasteiger charge is 2.17. The van der Waals surface area contributed by atoms with Crippen LogP contribution in [0.15, 0.2) is 48.7 Å². The molecule has 126 valence electrons. The lowest BCUT2D eigenvalue weighted by atomic mass is 10.0. The predicted molar refractivity (Wildman–Crippen MR) is 97.3 cm³/mol. The van der Waals surface area contributed by atoms with Crippen molar-refractivity contribution in [2.24, 2.45) is 5.92 Å². The number of anilines is 1. The van der Waals surface area contributed by atoms with Crippen LogP contribution < -0.4 is 10.2 Å². The third-order valence-electron chi connectivity index (χ3n) is 4.53. The molecule has 0 radical (unpaired) electrons. The summed E-state index contributed by atoms with van der Waals surface area (Å²) >= 11 is 0. The van der Waals surface area contributed by atoms with Gasteiger partial charge in [0.15, 0.2) is 0 Å². The summed E-state index contributed by atoms with van der Waals surface area (Å²) in [6.45, 7) is 5.02. The highest BCUT2D eigenvalue weighted by Crippen LogP contribution is 2.21. The molecule has 4 nitrogen and oxygen atoms in total. The summed E-state index contributed by atoms with van der Waals surface area (Å²) < 4.78 is 0. The van der Waals surface area contributed by atoms with E-state index in [1.807, 2.05) is 30.3 Å². The van der Waals surface area contributed by atoms with E-state index in [9.17, 15) is 4.79 Å². The molecule has 0 aliphatic carbocycles. The van der Waals surface area contributed by atoms with E-state index in [0.29, 0.717) is 18.0 Å². The summed E-state index contributed by atoms with van der Waals surface area (Å²) in [6, 6.07) is 14.0. The van der Waals surface area contributed by atoms with Gasteiger partial charge in [0.1, 0.15) is 5.82 Å². The smallest absolute Gasteiger partial charge is 0.252 e. The standard InChI is InChI=1S/C20H25N3O/c1-16-6-5-13-23(15-16)19-10-9-18(14-22-19)20(24)21-12-11-17-7-3-2-4-8-17/h2-4,7-10,14,16H,5-6,11-13,15H2,1H3,(H,21,24)/t16-/m1/s1. The summed E-state index contributed by atoms with van der Waals surface area (Å²) in [5.74, 6) is 1.63. The third kappa shape index (κ3) is 4.34. The number of piperidine rings is 1. The molecule has 1 amide bonds.